The molecule has 0 aromatic rings. The Balaban J connectivity index is 2.45. The fourth-order valence-corrected chi connectivity index (χ4v) is 1.26. The summed E-state index contributed by atoms with van der Waals surface area (Å²) in [5.74, 6) is -0.936. The first-order valence-corrected chi connectivity index (χ1v) is 3.65. The van der Waals surface area contributed by atoms with Crippen molar-refractivity contribution in [2.75, 3.05) is 6.54 Å². The second-order valence-corrected chi connectivity index (χ2v) is 2.77. The second kappa shape index (κ2) is 3.48. The molecule has 4 nitrogen and oxygen atoms in total. The molecule has 1 saturated heterocycles. The molecule has 1 aliphatic rings. The summed E-state index contributed by atoms with van der Waals surface area (Å²) in [6.07, 6.45) is 2.03. The van der Waals surface area contributed by atoms with Gasteiger partial charge in [0, 0.05) is 5.92 Å². The Morgan fingerprint density at radius 1 is 1.64 bits per heavy atom. The predicted molar refractivity (Wildman–Crippen MR) is 38.2 cm³/mol. The van der Waals surface area contributed by atoms with Crippen LogP contribution in [0.5, 0.6) is 0 Å². The van der Waals surface area contributed by atoms with E-state index in [1.165, 1.54) is 0 Å². The summed E-state index contributed by atoms with van der Waals surface area (Å²) in [5.41, 5.74) is 0. The fourth-order valence-electron chi connectivity index (χ4n) is 1.26. The third-order valence-electron chi connectivity index (χ3n) is 1.93. The molecule has 1 rings (SSSR count). The number of aldehydes is 1. The van der Waals surface area contributed by atoms with Gasteiger partial charge in [-0.15, -0.1) is 0 Å². The van der Waals surface area contributed by atoms with Crippen LogP contribution in [0, 0.1) is 5.92 Å². The highest BCUT2D eigenvalue weighted by Gasteiger charge is 2.25. The Bertz CT molecular complexity index is 169. The molecule has 1 aliphatic heterocycles. The van der Waals surface area contributed by atoms with Gasteiger partial charge < -0.3 is 15.2 Å². The van der Waals surface area contributed by atoms with Crippen LogP contribution >= 0.6 is 0 Å². The molecule has 0 aromatic carbocycles. The van der Waals surface area contributed by atoms with Gasteiger partial charge in [0.25, 0.3) is 0 Å². The average Bonchev–Trinajstić information content (AvgIpc) is 2.05. The maximum atomic E-state index is 10.4. The summed E-state index contributed by atoms with van der Waals surface area (Å²) in [4.78, 5) is 20.7. The minimum atomic E-state index is -0.864. The number of carboxylic acid groups (broad SMARTS) is 1. The smallest absolute Gasteiger partial charge is 0.320 e. The lowest BCUT2D eigenvalue weighted by molar-refractivity contribution is -0.140. The lowest BCUT2D eigenvalue weighted by atomic mass is 9.94. The van der Waals surface area contributed by atoms with E-state index in [0.29, 0.717) is 13.0 Å². The molecule has 0 aromatic heterocycles. The second-order valence-electron chi connectivity index (χ2n) is 2.77. The van der Waals surface area contributed by atoms with Gasteiger partial charge in [0.1, 0.15) is 12.3 Å². The number of hydrogen-bond donors (Lipinski definition) is 2. The molecule has 62 valence electrons. The third kappa shape index (κ3) is 2.01. The molecule has 2 unspecified atom stereocenters. The van der Waals surface area contributed by atoms with E-state index in [4.69, 9.17) is 5.11 Å². The lowest BCUT2D eigenvalue weighted by Gasteiger charge is -2.23. The van der Waals surface area contributed by atoms with Gasteiger partial charge in [-0.25, -0.2) is 0 Å². The van der Waals surface area contributed by atoms with Crippen molar-refractivity contribution < 1.29 is 14.7 Å². The highest BCUT2D eigenvalue weighted by molar-refractivity contribution is 5.74. The van der Waals surface area contributed by atoms with E-state index in [9.17, 15) is 9.59 Å². The van der Waals surface area contributed by atoms with Crippen LogP contribution < -0.4 is 5.32 Å². The minimum absolute atomic E-state index is 0.0719. The first-order chi connectivity index (χ1) is 5.24. The number of carboxylic acids is 1. The quantitative estimate of drug-likeness (QED) is 0.537. The van der Waals surface area contributed by atoms with E-state index < -0.39 is 12.0 Å². The molecule has 1 fully saturated rings. The molecule has 0 bridgehead atoms. The molecular formula is C7H11NO3. The van der Waals surface area contributed by atoms with Gasteiger partial charge in [0.15, 0.2) is 0 Å². The molecule has 2 atom stereocenters. The van der Waals surface area contributed by atoms with Crippen LogP contribution in [0.4, 0.5) is 0 Å². The van der Waals surface area contributed by atoms with Crippen LogP contribution in [-0.2, 0) is 9.59 Å². The summed E-state index contributed by atoms with van der Waals surface area (Å²) in [6.45, 7) is 0.625. The Hall–Kier alpha value is -0.900. The number of rotatable bonds is 2. The first kappa shape index (κ1) is 8.20. The Morgan fingerprint density at radius 2 is 2.36 bits per heavy atom. The van der Waals surface area contributed by atoms with Crippen molar-refractivity contribution >= 4 is 12.3 Å². The zero-order chi connectivity index (χ0) is 8.27. The van der Waals surface area contributed by atoms with Gasteiger partial charge in [0.2, 0.25) is 0 Å². The van der Waals surface area contributed by atoms with Crippen LogP contribution in [0.3, 0.4) is 0 Å². The highest BCUT2D eigenvalue weighted by Crippen LogP contribution is 2.13. The van der Waals surface area contributed by atoms with Crippen LogP contribution in [-0.4, -0.2) is 29.9 Å². The number of hydrogen-bond acceptors (Lipinski definition) is 3. The maximum Gasteiger partial charge on any atom is 0.320 e. The van der Waals surface area contributed by atoms with Crippen LogP contribution in [0.15, 0.2) is 0 Å². The molecule has 0 amide bonds. The van der Waals surface area contributed by atoms with Crippen molar-refractivity contribution in [2.45, 2.75) is 18.9 Å². The maximum absolute atomic E-state index is 10.4. The topological polar surface area (TPSA) is 66.4 Å². The van der Waals surface area contributed by atoms with Crippen molar-refractivity contribution in [1.29, 1.82) is 0 Å². The molecule has 0 radical (unpaired) electrons. The van der Waals surface area contributed by atoms with Gasteiger partial charge in [-0.2, -0.15) is 0 Å². The van der Waals surface area contributed by atoms with Crippen LogP contribution in [0.2, 0.25) is 0 Å². The summed E-state index contributed by atoms with van der Waals surface area (Å²) >= 11 is 0. The van der Waals surface area contributed by atoms with E-state index in [1.54, 1.807) is 0 Å². The van der Waals surface area contributed by atoms with Gasteiger partial charge in [-0.3, -0.25) is 4.79 Å². The molecule has 0 saturated carbocycles. The number of carbonyl (C=O) groups excluding carboxylic acids is 1. The average molecular weight is 157 g/mol. The molecule has 11 heavy (non-hydrogen) atoms. The number of nitrogens with one attached hydrogen (secondary N) is 1. The number of carbonyl (C=O) groups is 2. The van der Waals surface area contributed by atoms with E-state index >= 15 is 0 Å². The number of aliphatic carboxylic acids is 1. The molecule has 2 N–H and O–H groups in total. The normalized spacial score (nSPS) is 31.3. The van der Waals surface area contributed by atoms with Crippen molar-refractivity contribution in [3.63, 3.8) is 0 Å². The molecule has 4 heteroatoms. The standard InChI is InChI=1S/C7H11NO3/c9-4-5-1-2-8-6(3-5)7(10)11/h4-6,8H,1-3H2,(H,10,11). The van der Waals surface area contributed by atoms with Gasteiger partial charge >= 0.3 is 5.97 Å². The number of piperidine rings is 1. The third-order valence-corrected chi connectivity index (χ3v) is 1.93. The van der Waals surface area contributed by atoms with Crippen LogP contribution in [0.1, 0.15) is 12.8 Å². The lowest BCUT2D eigenvalue weighted by Crippen LogP contribution is -2.43. The molecule has 0 spiro atoms. The van der Waals surface area contributed by atoms with Crippen LogP contribution in [0.25, 0.3) is 0 Å². The predicted octanol–water partition coefficient (Wildman–Crippen LogP) is -0.362. The van der Waals surface area contributed by atoms with Gasteiger partial charge in [0.05, 0.1) is 0 Å². The van der Waals surface area contributed by atoms with E-state index in [-0.39, 0.29) is 5.92 Å². The zero-order valence-corrected chi connectivity index (χ0v) is 6.12. The summed E-state index contributed by atoms with van der Waals surface area (Å²) in [5, 5.41) is 11.4. The zero-order valence-electron chi connectivity index (χ0n) is 6.12. The summed E-state index contributed by atoms with van der Waals surface area (Å²) in [6, 6.07) is -0.529. The van der Waals surface area contributed by atoms with Gasteiger partial charge in [-0.1, -0.05) is 0 Å². The van der Waals surface area contributed by atoms with Crippen molar-refractivity contribution in [2.24, 2.45) is 5.92 Å². The Morgan fingerprint density at radius 3 is 2.91 bits per heavy atom. The molecule has 1 heterocycles. The van der Waals surface area contributed by atoms with E-state index in [2.05, 4.69) is 5.32 Å². The van der Waals surface area contributed by atoms with E-state index in [1.807, 2.05) is 0 Å². The van der Waals surface area contributed by atoms with Crippen molar-refractivity contribution in [1.82, 2.24) is 5.32 Å². The Labute approximate surface area is 64.6 Å². The van der Waals surface area contributed by atoms with E-state index in [0.717, 1.165) is 12.7 Å². The molecule has 0 aliphatic carbocycles. The largest absolute Gasteiger partial charge is 0.480 e. The SMILES string of the molecule is O=CC1CCNC(C(=O)O)C1. The fraction of sp³-hybridized carbons (Fsp3) is 0.714. The van der Waals surface area contributed by atoms with Crippen molar-refractivity contribution in [3.8, 4) is 0 Å². The molecular weight excluding hydrogens is 146 g/mol. The summed E-state index contributed by atoms with van der Waals surface area (Å²) < 4.78 is 0. The van der Waals surface area contributed by atoms with Crippen molar-refractivity contribution in [3.05, 3.63) is 0 Å². The highest BCUT2D eigenvalue weighted by atomic mass is 16.4. The van der Waals surface area contributed by atoms with Gasteiger partial charge in [-0.05, 0) is 19.4 Å². The minimum Gasteiger partial charge on any atom is -0.480 e. The Kier molecular flexibility index (Phi) is 2.59. The monoisotopic (exact) mass is 157 g/mol. The first-order valence-electron chi connectivity index (χ1n) is 3.65. The summed E-state index contributed by atoms with van der Waals surface area (Å²) in [7, 11) is 0.